The van der Waals surface area contributed by atoms with Gasteiger partial charge in [0, 0.05) is 39.1 Å². The second-order valence-electron chi connectivity index (χ2n) is 6.38. The van der Waals surface area contributed by atoms with Crippen molar-refractivity contribution < 1.29 is 4.79 Å². The predicted molar refractivity (Wildman–Crippen MR) is 104 cm³/mol. The van der Waals surface area contributed by atoms with Crippen molar-refractivity contribution in [3.05, 3.63) is 59.7 Å². The maximum Gasteiger partial charge on any atom is 0.252 e. The molecule has 0 fully saturated rings. The molecule has 1 aliphatic heterocycles. The number of benzene rings is 3. The van der Waals surface area contributed by atoms with Crippen LogP contribution in [0.1, 0.15) is 15.9 Å². The van der Waals surface area contributed by atoms with E-state index in [0.29, 0.717) is 6.54 Å². The van der Waals surface area contributed by atoms with Crippen LogP contribution in [0.5, 0.6) is 0 Å². The highest BCUT2D eigenvalue weighted by Gasteiger charge is 2.28. The second kappa shape index (κ2) is 4.77. The quantitative estimate of drug-likeness (QED) is 0.376. The van der Waals surface area contributed by atoms with Crippen molar-refractivity contribution in [1.82, 2.24) is 15.3 Å². The number of carbonyl (C=O) groups is 1. The molecule has 122 valence electrons. The van der Waals surface area contributed by atoms with Gasteiger partial charge in [0.05, 0.1) is 16.6 Å². The minimum absolute atomic E-state index is 0. The van der Waals surface area contributed by atoms with Crippen LogP contribution in [0.2, 0.25) is 0 Å². The van der Waals surface area contributed by atoms with Crippen LogP contribution < -0.4 is 5.32 Å². The van der Waals surface area contributed by atoms with E-state index in [-0.39, 0.29) is 18.3 Å². The van der Waals surface area contributed by atoms with E-state index in [1.54, 1.807) is 0 Å². The number of para-hydroxylation sites is 2. The number of amides is 1. The van der Waals surface area contributed by atoms with Crippen LogP contribution in [0, 0.1) is 0 Å². The van der Waals surface area contributed by atoms with E-state index in [2.05, 4.69) is 39.6 Å². The third-order valence-electron chi connectivity index (χ3n) is 5.17. The zero-order valence-electron chi connectivity index (χ0n) is 13.1. The molecule has 1 aliphatic rings. The van der Waals surface area contributed by atoms with Crippen LogP contribution >= 0.6 is 12.4 Å². The number of hydrogen-bond acceptors (Lipinski definition) is 1. The summed E-state index contributed by atoms with van der Waals surface area (Å²) in [6.07, 6.45) is 0. The maximum atomic E-state index is 12.6. The third-order valence-corrected chi connectivity index (χ3v) is 5.17. The first-order chi connectivity index (χ1) is 11.8. The number of halogens is 1. The summed E-state index contributed by atoms with van der Waals surface area (Å²) >= 11 is 0. The normalized spacial score (nSPS) is 13.5. The van der Waals surface area contributed by atoms with Crippen molar-refractivity contribution in [3.8, 4) is 0 Å². The SMILES string of the molecule is Cl.O=C1NCc2c1c1c3ccccc3[nH]c1c1[nH]c3ccccc3c21. The fourth-order valence-corrected chi connectivity index (χ4v) is 4.19. The van der Waals surface area contributed by atoms with Crippen molar-refractivity contribution in [2.75, 3.05) is 0 Å². The van der Waals surface area contributed by atoms with E-state index in [1.165, 1.54) is 5.39 Å². The molecule has 0 radical (unpaired) electrons. The first-order valence-electron chi connectivity index (χ1n) is 8.07. The van der Waals surface area contributed by atoms with E-state index in [1.807, 2.05) is 24.3 Å². The van der Waals surface area contributed by atoms with Crippen molar-refractivity contribution in [2.45, 2.75) is 6.54 Å². The molecule has 0 atom stereocenters. The van der Waals surface area contributed by atoms with Gasteiger partial charge in [-0.1, -0.05) is 36.4 Å². The van der Waals surface area contributed by atoms with Crippen molar-refractivity contribution in [1.29, 1.82) is 0 Å². The minimum atomic E-state index is 0. The third kappa shape index (κ3) is 1.64. The van der Waals surface area contributed by atoms with Gasteiger partial charge in [-0.25, -0.2) is 0 Å². The second-order valence-corrected chi connectivity index (χ2v) is 6.38. The predicted octanol–water partition coefficient (Wildman–Crippen LogP) is 4.62. The van der Waals surface area contributed by atoms with E-state index in [9.17, 15) is 4.79 Å². The van der Waals surface area contributed by atoms with Gasteiger partial charge in [0.2, 0.25) is 0 Å². The number of rotatable bonds is 0. The Hall–Kier alpha value is -2.98. The molecule has 5 aromatic rings. The first kappa shape index (κ1) is 14.4. The Morgan fingerprint density at radius 2 is 1.32 bits per heavy atom. The molecule has 4 nitrogen and oxygen atoms in total. The number of aromatic nitrogens is 2. The number of hydrogen-bond donors (Lipinski definition) is 3. The molecule has 2 aromatic heterocycles. The Morgan fingerprint density at radius 1 is 0.760 bits per heavy atom. The Kier molecular flexibility index (Phi) is 2.74. The van der Waals surface area contributed by atoms with Crippen LogP contribution in [0.25, 0.3) is 43.6 Å². The topological polar surface area (TPSA) is 60.7 Å². The average molecular weight is 348 g/mol. The van der Waals surface area contributed by atoms with Gasteiger partial charge in [0.1, 0.15) is 0 Å². The summed E-state index contributed by atoms with van der Waals surface area (Å²) in [6, 6.07) is 16.4. The minimum Gasteiger partial charge on any atom is -0.353 e. The van der Waals surface area contributed by atoms with E-state index < -0.39 is 0 Å². The molecule has 0 saturated heterocycles. The highest BCUT2D eigenvalue weighted by Crippen LogP contribution is 2.41. The molecule has 0 saturated carbocycles. The van der Waals surface area contributed by atoms with E-state index in [0.717, 1.165) is 49.4 Å². The van der Waals surface area contributed by atoms with Gasteiger partial charge in [-0.05, 0) is 17.7 Å². The number of nitrogens with one attached hydrogen (secondary N) is 3. The van der Waals surface area contributed by atoms with Crippen LogP contribution in [0.15, 0.2) is 48.5 Å². The Bertz CT molecular complexity index is 1330. The van der Waals surface area contributed by atoms with Crippen LogP contribution in [0.4, 0.5) is 0 Å². The Balaban J connectivity index is 0.00000140. The fraction of sp³-hybridized carbons (Fsp3) is 0.0500. The number of aromatic amines is 2. The van der Waals surface area contributed by atoms with Crippen molar-refractivity contribution >= 4 is 61.9 Å². The summed E-state index contributed by atoms with van der Waals surface area (Å²) in [5.41, 5.74) is 6.17. The zero-order valence-corrected chi connectivity index (χ0v) is 14.0. The summed E-state index contributed by atoms with van der Waals surface area (Å²) in [5.74, 6) is 0.0203. The Morgan fingerprint density at radius 3 is 2.00 bits per heavy atom. The van der Waals surface area contributed by atoms with Gasteiger partial charge >= 0.3 is 0 Å². The first-order valence-corrected chi connectivity index (χ1v) is 8.07. The summed E-state index contributed by atoms with van der Waals surface area (Å²) in [5, 5.41) is 7.45. The van der Waals surface area contributed by atoms with Gasteiger partial charge in [0.15, 0.2) is 0 Å². The lowest BCUT2D eigenvalue weighted by Gasteiger charge is -2.03. The molecule has 0 bridgehead atoms. The van der Waals surface area contributed by atoms with Gasteiger partial charge in [-0.3, -0.25) is 4.79 Å². The van der Waals surface area contributed by atoms with Crippen LogP contribution in [0.3, 0.4) is 0 Å². The maximum absolute atomic E-state index is 12.6. The largest absolute Gasteiger partial charge is 0.353 e. The molecule has 25 heavy (non-hydrogen) atoms. The van der Waals surface area contributed by atoms with Crippen molar-refractivity contribution in [2.24, 2.45) is 0 Å². The number of carbonyl (C=O) groups excluding carboxylic acids is 1. The fourth-order valence-electron chi connectivity index (χ4n) is 4.19. The summed E-state index contributed by atoms with van der Waals surface area (Å²) < 4.78 is 0. The summed E-state index contributed by atoms with van der Waals surface area (Å²) in [4.78, 5) is 19.7. The molecule has 3 N–H and O–H groups in total. The lowest BCUT2D eigenvalue weighted by molar-refractivity contribution is 0.0967. The smallest absolute Gasteiger partial charge is 0.252 e. The lowest BCUT2D eigenvalue weighted by atomic mass is 9.97. The molecule has 1 amide bonds. The number of H-pyrrole nitrogens is 2. The molecular formula is C20H14ClN3O. The van der Waals surface area contributed by atoms with Gasteiger partial charge in [0.25, 0.3) is 5.91 Å². The molecular weight excluding hydrogens is 334 g/mol. The standard InChI is InChI=1S/C20H13N3O.ClH/c24-20-17-12(9-21-20)15-10-5-1-3-7-13(10)22-18(15)19-16(17)11-6-2-4-8-14(11)23-19;/h1-8,22-23H,9H2,(H,21,24);1H. The average Bonchev–Trinajstić information content (AvgIpc) is 3.27. The van der Waals surface area contributed by atoms with Gasteiger partial charge in [-0.15, -0.1) is 12.4 Å². The van der Waals surface area contributed by atoms with Gasteiger partial charge in [-0.2, -0.15) is 0 Å². The highest BCUT2D eigenvalue weighted by molar-refractivity contribution is 6.30. The number of fused-ring (bicyclic) bond motifs is 10. The molecule has 3 aromatic carbocycles. The van der Waals surface area contributed by atoms with E-state index >= 15 is 0 Å². The van der Waals surface area contributed by atoms with Crippen molar-refractivity contribution in [3.63, 3.8) is 0 Å². The highest BCUT2D eigenvalue weighted by atomic mass is 35.5. The zero-order chi connectivity index (χ0) is 15.8. The molecule has 5 heteroatoms. The monoisotopic (exact) mass is 347 g/mol. The molecule has 0 aliphatic carbocycles. The lowest BCUT2D eigenvalue weighted by Crippen LogP contribution is -2.12. The molecule has 3 heterocycles. The summed E-state index contributed by atoms with van der Waals surface area (Å²) in [6.45, 7) is 0.585. The molecule has 0 unspecified atom stereocenters. The van der Waals surface area contributed by atoms with Gasteiger partial charge < -0.3 is 15.3 Å². The van der Waals surface area contributed by atoms with Crippen LogP contribution in [-0.4, -0.2) is 15.9 Å². The molecule has 6 rings (SSSR count). The van der Waals surface area contributed by atoms with Crippen LogP contribution in [-0.2, 0) is 6.54 Å². The molecule has 0 spiro atoms. The summed E-state index contributed by atoms with van der Waals surface area (Å²) in [7, 11) is 0. The Labute approximate surface area is 148 Å². The van der Waals surface area contributed by atoms with E-state index in [4.69, 9.17) is 0 Å².